The van der Waals surface area contributed by atoms with E-state index in [2.05, 4.69) is 23.6 Å². The lowest BCUT2D eigenvalue weighted by molar-refractivity contribution is 0.198. The zero-order chi connectivity index (χ0) is 17.5. The summed E-state index contributed by atoms with van der Waals surface area (Å²) in [5, 5.41) is 6.76. The second-order valence-electron chi connectivity index (χ2n) is 6.99. The Hall–Kier alpha value is -1.91. The number of para-hydroxylation sites is 1. The Morgan fingerprint density at radius 3 is 2.64 bits per heavy atom. The van der Waals surface area contributed by atoms with Crippen molar-refractivity contribution in [2.75, 3.05) is 20.2 Å². The van der Waals surface area contributed by atoms with Gasteiger partial charge in [-0.2, -0.15) is 0 Å². The molecule has 138 valence electrons. The van der Waals surface area contributed by atoms with Gasteiger partial charge in [-0.15, -0.1) is 0 Å². The molecule has 0 atom stereocenters. The Kier molecular flexibility index (Phi) is 6.42. The zero-order valence-electron chi connectivity index (χ0n) is 15.5. The van der Waals surface area contributed by atoms with Crippen LogP contribution in [-0.4, -0.2) is 32.3 Å². The van der Waals surface area contributed by atoms with E-state index in [9.17, 15) is 0 Å². The molecule has 0 bridgehead atoms. The Labute approximate surface area is 151 Å². The first kappa shape index (κ1) is 17.9. The Bertz CT molecular complexity index is 578. The maximum absolute atomic E-state index is 6.29. The first-order valence-corrected chi connectivity index (χ1v) is 9.65. The van der Waals surface area contributed by atoms with E-state index in [4.69, 9.17) is 14.5 Å². The van der Waals surface area contributed by atoms with Crippen molar-refractivity contribution in [3.05, 3.63) is 23.8 Å². The van der Waals surface area contributed by atoms with E-state index in [0.29, 0.717) is 12.6 Å². The number of aliphatic imine (C=N–C) groups is 1. The second-order valence-corrected chi connectivity index (χ2v) is 6.99. The van der Waals surface area contributed by atoms with Crippen LogP contribution in [0.25, 0.3) is 0 Å². The third-order valence-electron chi connectivity index (χ3n) is 4.87. The highest BCUT2D eigenvalue weighted by molar-refractivity contribution is 5.79. The van der Waals surface area contributed by atoms with Gasteiger partial charge >= 0.3 is 0 Å². The highest BCUT2D eigenvalue weighted by atomic mass is 16.5. The predicted octanol–water partition coefficient (Wildman–Crippen LogP) is 3.48. The van der Waals surface area contributed by atoms with E-state index < -0.39 is 0 Å². The van der Waals surface area contributed by atoms with Crippen LogP contribution in [0.2, 0.25) is 0 Å². The summed E-state index contributed by atoms with van der Waals surface area (Å²) in [5.74, 6) is 3.36. The first-order valence-electron chi connectivity index (χ1n) is 9.65. The van der Waals surface area contributed by atoms with Gasteiger partial charge in [0.2, 0.25) is 0 Å². The lowest BCUT2D eigenvalue weighted by atomic mass is 10.1. The minimum atomic E-state index is 0.306. The van der Waals surface area contributed by atoms with E-state index >= 15 is 0 Å². The van der Waals surface area contributed by atoms with Crippen LogP contribution in [-0.2, 0) is 6.54 Å². The molecule has 0 heterocycles. The molecular weight excluding hydrogens is 314 g/mol. The monoisotopic (exact) mass is 345 g/mol. The van der Waals surface area contributed by atoms with Crippen molar-refractivity contribution < 1.29 is 9.47 Å². The normalized spacial score (nSPS) is 18.2. The van der Waals surface area contributed by atoms with Gasteiger partial charge in [0.05, 0.1) is 19.8 Å². The van der Waals surface area contributed by atoms with E-state index in [0.717, 1.165) is 54.9 Å². The maximum atomic E-state index is 6.29. The van der Waals surface area contributed by atoms with Crippen molar-refractivity contribution in [3.63, 3.8) is 0 Å². The minimum Gasteiger partial charge on any atom is -0.493 e. The summed E-state index contributed by atoms with van der Waals surface area (Å²) in [5.41, 5.74) is 1.08. The number of hydrogen-bond donors (Lipinski definition) is 2. The third-order valence-corrected chi connectivity index (χ3v) is 4.87. The van der Waals surface area contributed by atoms with E-state index in [1.54, 1.807) is 7.11 Å². The van der Waals surface area contributed by atoms with E-state index in [-0.39, 0.29) is 0 Å². The topological polar surface area (TPSA) is 54.9 Å². The van der Waals surface area contributed by atoms with Gasteiger partial charge in [0, 0.05) is 18.7 Å². The number of nitrogens with one attached hydrogen (secondary N) is 2. The van der Waals surface area contributed by atoms with E-state index in [1.807, 2.05) is 12.1 Å². The molecule has 0 spiro atoms. The van der Waals surface area contributed by atoms with Crippen LogP contribution in [0.1, 0.15) is 51.0 Å². The predicted molar refractivity (Wildman–Crippen MR) is 101 cm³/mol. The summed E-state index contributed by atoms with van der Waals surface area (Å²) in [6.07, 6.45) is 7.74. The molecule has 2 aliphatic rings. The number of hydrogen-bond acceptors (Lipinski definition) is 3. The molecule has 1 aromatic carbocycles. The largest absolute Gasteiger partial charge is 0.493 e. The van der Waals surface area contributed by atoms with Gasteiger partial charge in [-0.05, 0) is 57.4 Å². The highest BCUT2D eigenvalue weighted by Crippen LogP contribution is 2.35. The Morgan fingerprint density at radius 1 is 1.16 bits per heavy atom. The fraction of sp³-hybridized carbons (Fsp3) is 0.650. The van der Waals surface area contributed by atoms with Crippen molar-refractivity contribution >= 4 is 5.96 Å². The molecule has 3 rings (SSSR count). The molecule has 5 heteroatoms. The molecule has 1 aromatic rings. The Balaban J connectivity index is 1.71. The number of nitrogens with zero attached hydrogens (tertiary/aromatic N) is 1. The summed E-state index contributed by atoms with van der Waals surface area (Å²) < 4.78 is 11.8. The van der Waals surface area contributed by atoms with Gasteiger partial charge < -0.3 is 20.1 Å². The molecule has 0 aliphatic heterocycles. The molecule has 2 saturated carbocycles. The molecule has 25 heavy (non-hydrogen) atoms. The molecule has 0 unspecified atom stereocenters. The molecule has 5 nitrogen and oxygen atoms in total. The summed E-state index contributed by atoms with van der Waals surface area (Å²) in [6, 6.07) is 6.06. The van der Waals surface area contributed by atoms with Crippen molar-refractivity contribution in [1.82, 2.24) is 10.6 Å². The fourth-order valence-electron chi connectivity index (χ4n) is 3.22. The molecule has 0 aromatic heterocycles. The summed E-state index contributed by atoms with van der Waals surface area (Å²) in [7, 11) is 1.70. The van der Waals surface area contributed by atoms with Gasteiger partial charge in [0.1, 0.15) is 0 Å². The summed E-state index contributed by atoms with van der Waals surface area (Å²) in [4.78, 5) is 4.75. The molecule has 0 amide bonds. The summed E-state index contributed by atoms with van der Waals surface area (Å²) in [6.45, 7) is 4.54. The van der Waals surface area contributed by atoms with Crippen LogP contribution < -0.4 is 20.1 Å². The maximum Gasteiger partial charge on any atom is 0.191 e. The molecule has 2 aliphatic carbocycles. The molecule has 0 saturated heterocycles. The fourth-order valence-corrected chi connectivity index (χ4v) is 3.22. The van der Waals surface area contributed by atoms with Crippen LogP contribution in [0.3, 0.4) is 0 Å². The zero-order valence-corrected chi connectivity index (χ0v) is 15.5. The molecular formula is C20H31N3O2. The average molecular weight is 345 g/mol. The van der Waals surface area contributed by atoms with Crippen molar-refractivity contribution in [2.24, 2.45) is 10.9 Å². The smallest absolute Gasteiger partial charge is 0.191 e. The van der Waals surface area contributed by atoms with Gasteiger partial charge in [0.25, 0.3) is 0 Å². The van der Waals surface area contributed by atoms with Gasteiger partial charge in [-0.3, -0.25) is 0 Å². The third kappa shape index (κ3) is 5.28. The summed E-state index contributed by atoms with van der Waals surface area (Å²) >= 11 is 0. The lowest BCUT2D eigenvalue weighted by Gasteiger charge is -2.19. The minimum absolute atomic E-state index is 0.306. The van der Waals surface area contributed by atoms with Gasteiger partial charge in [-0.25, -0.2) is 4.99 Å². The SMILES string of the molecule is CCNC(=NCc1cccc(OC)c1OC1CCCC1)NCC1CC1. The number of rotatable bonds is 8. The number of benzene rings is 1. The quantitative estimate of drug-likeness (QED) is 0.559. The molecule has 0 radical (unpaired) electrons. The van der Waals surface area contributed by atoms with Crippen molar-refractivity contribution in [3.8, 4) is 11.5 Å². The van der Waals surface area contributed by atoms with Crippen molar-refractivity contribution in [2.45, 2.75) is 58.1 Å². The average Bonchev–Trinajstić information content (AvgIpc) is 3.32. The highest BCUT2D eigenvalue weighted by Gasteiger charge is 2.22. The van der Waals surface area contributed by atoms with Gasteiger partial charge in [0.15, 0.2) is 17.5 Å². The number of guanidine groups is 1. The van der Waals surface area contributed by atoms with Crippen LogP contribution >= 0.6 is 0 Å². The van der Waals surface area contributed by atoms with Crippen LogP contribution in [0.4, 0.5) is 0 Å². The Morgan fingerprint density at radius 2 is 1.96 bits per heavy atom. The van der Waals surface area contributed by atoms with Crippen LogP contribution in [0.15, 0.2) is 23.2 Å². The molecule has 2 N–H and O–H groups in total. The van der Waals surface area contributed by atoms with Crippen LogP contribution in [0, 0.1) is 5.92 Å². The van der Waals surface area contributed by atoms with Crippen molar-refractivity contribution in [1.29, 1.82) is 0 Å². The standard InChI is InChI=1S/C20H31N3O2/c1-3-21-20(22-13-15-11-12-15)23-14-16-7-6-10-18(24-2)19(16)25-17-8-4-5-9-17/h6-7,10,15,17H,3-5,8-9,11-14H2,1-2H3,(H2,21,22,23). The van der Waals surface area contributed by atoms with Crippen LogP contribution in [0.5, 0.6) is 11.5 Å². The first-order chi connectivity index (χ1) is 12.3. The van der Waals surface area contributed by atoms with E-state index in [1.165, 1.54) is 25.7 Å². The molecule has 2 fully saturated rings. The lowest BCUT2D eigenvalue weighted by Crippen LogP contribution is -2.38. The number of ether oxygens (including phenoxy) is 2. The second kappa shape index (κ2) is 8.97. The number of methoxy groups -OCH3 is 1. The van der Waals surface area contributed by atoms with Gasteiger partial charge in [-0.1, -0.05) is 12.1 Å².